The summed E-state index contributed by atoms with van der Waals surface area (Å²) in [6.07, 6.45) is 0. The molecule has 1 N–H and O–H groups in total. The number of amides is 1. The van der Waals surface area contributed by atoms with Gasteiger partial charge in [-0.15, -0.1) is 10.2 Å². The van der Waals surface area contributed by atoms with E-state index in [2.05, 4.69) is 15.5 Å². The molecule has 0 unspecified atom stereocenters. The number of hydrogen-bond acceptors (Lipinski definition) is 5. The molecule has 0 aliphatic carbocycles. The average Bonchev–Trinajstić information content (AvgIpc) is 3.26. The molecule has 0 atom stereocenters. The van der Waals surface area contributed by atoms with E-state index in [0.717, 1.165) is 16.8 Å². The van der Waals surface area contributed by atoms with Crippen molar-refractivity contribution < 1.29 is 4.79 Å². The van der Waals surface area contributed by atoms with E-state index in [-0.39, 0.29) is 17.2 Å². The van der Waals surface area contributed by atoms with Crippen LogP contribution in [0.3, 0.4) is 0 Å². The molecule has 0 saturated heterocycles. The molecule has 0 saturated carbocycles. The molecule has 170 valence electrons. The van der Waals surface area contributed by atoms with E-state index < -0.39 is 0 Å². The highest BCUT2D eigenvalue weighted by atomic mass is 35.5. The van der Waals surface area contributed by atoms with Crippen molar-refractivity contribution >= 4 is 51.6 Å². The fourth-order valence-electron chi connectivity index (χ4n) is 3.83. The highest BCUT2D eigenvalue weighted by Gasteiger charge is 2.19. The topological polar surface area (TPSA) is 81.3 Å². The van der Waals surface area contributed by atoms with Gasteiger partial charge in [0.25, 0.3) is 5.56 Å². The zero-order valence-electron chi connectivity index (χ0n) is 18.4. The first-order valence-electron chi connectivity index (χ1n) is 10.6. The third-order valence-electron chi connectivity index (χ3n) is 5.67. The van der Waals surface area contributed by atoms with Crippen LogP contribution >= 0.6 is 23.4 Å². The van der Waals surface area contributed by atoms with E-state index in [9.17, 15) is 9.59 Å². The molecule has 5 aromatic rings. The van der Waals surface area contributed by atoms with Crippen LogP contribution in [0.2, 0.25) is 5.02 Å². The van der Waals surface area contributed by atoms with Gasteiger partial charge in [0.2, 0.25) is 11.7 Å². The Balaban J connectivity index is 1.57. The molecule has 3 aromatic carbocycles. The second-order valence-electron chi connectivity index (χ2n) is 7.84. The number of fused-ring (bicyclic) bond motifs is 3. The van der Waals surface area contributed by atoms with Crippen LogP contribution in [-0.2, 0) is 4.79 Å². The number of anilines is 1. The average molecular weight is 490 g/mol. The zero-order valence-corrected chi connectivity index (χ0v) is 20.0. The van der Waals surface area contributed by atoms with Crippen LogP contribution in [-0.4, -0.2) is 30.8 Å². The fourth-order valence-corrected chi connectivity index (χ4v) is 4.69. The normalized spacial score (nSPS) is 11.3. The number of nitrogens with zero attached hydrogens (tertiary/aromatic N) is 4. The predicted molar refractivity (Wildman–Crippen MR) is 136 cm³/mol. The number of nitrogens with one attached hydrogen (secondary N) is 1. The Morgan fingerprint density at radius 3 is 2.56 bits per heavy atom. The quantitative estimate of drug-likeness (QED) is 0.350. The summed E-state index contributed by atoms with van der Waals surface area (Å²) in [5.74, 6) is 0.342. The van der Waals surface area contributed by atoms with Gasteiger partial charge in [-0.1, -0.05) is 47.6 Å². The van der Waals surface area contributed by atoms with Gasteiger partial charge in [0, 0.05) is 10.7 Å². The van der Waals surface area contributed by atoms with E-state index in [4.69, 9.17) is 11.6 Å². The molecule has 0 aliphatic heterocycles. The van der Waals surface area contributed by atoms with E-state index in [1.807, 2.05) is 54.6 Å². The lowest BCUT2D eigenvalue weighted by molar-refractivity contribution is -0.113. The first-order valence-corrected chi connectivity index (χ1v) is 11.9. The number of hydrogen-bond donors (Lipinski definition) is 1. The molecule has 2 heterocycles. The van der Waals surface area contributed by atoms with Crippen molar-refractivity contribution in [3.05, 3.63) is 93.2 Å². The summed E-state index contributed by atoms with van der Waals surface area (Å²) in [6, 6.07) is 20.1. The number of carbonyl (C=O) groups excluding carboxylic acids is 1. The second-order valence-corrected chi connectivity index (χ2v) is 9.22. The molecular weight excluding hydrogens is 470 g/mol. The molecule has 0 fully saturated rings. The molecular formula is C25H20ClN5O2S. The van der Waals surface area contributed by atoms with E-state index >= 15 is 0 Å². The van der Waals surface area contributed by atoms with Gasteiger partial charge in [0.15, 0.2) is 5.16 Å². The number of benzene rings is 3. The van der Waals surface area contributed by atoms with E-state index in [0.29, 0.717) is 32.5 Å². The maximum absolute atomic E-state index is 13.5. The van der Waals surface area contributed by atoms with Crippen LogP contribution in [0.25, 0.3) is 22.4 Å². The summed E-state index contributed by atoms with van der Waals surface area (Å²) in [5.41, 5.74) is 4.00. The van der Waals surface area contributed by atoms with Crippen molar-refractivity contribution in [1.82, 2.24) is 19.2 Å². The molecule has 2 aromatic heterocycles. The van der Waals surface area contributed by atoms with Gasteiger partial charge in [0.1, 0.15) is 0 Å². The first-order chi connectivity index (χ1) is 16.4. The molecule has 0 radical (unpaired) electrons. The van der Waals surface area contributed by atoms with Gasteiger partial charge in [-0.3, -0.25) is 14.0 Å². The Hall–Kier alpha value is -3.62. The van der Waals surface area contributed by atoms with E-state index in [1.54, 1.807) is 34.9 Å². The van der Waals surface area contributed by atoms with Crippen LogP contribution in [0.5, 0.6) is 0 Å². The molecule has 7 nitrogen and oxygen atoms in total. The minimum absolute atomic E-state index is 0.125. The molecule has 0 aliphatic rings. The number of halogens is 1. The standard InChI is InChI=1S/C25H20ClN5O2S/c1-15-6-5-9-20(16(15)2)30-23(33)19-7-3-4-8-21(19)31-24(30)28-29-25(31)34-14-22(32)27-18-12-10-17(26)11-13-18/h3-13H,14H2,1-2H3,(H,27,32). The second kappa shape index (κ2) is 8.96. The Labute approximate surface area is 204 Å². The van der Waals surface area contributed by atoms with Gasteiger partial charge in [-0.2, -0.15) is 0 Å². The largest absolute Gasteiger partial charge is 0.325 e. The van der Waals surface area contributed by atoms with Crippen molar-refractivity contribution in [3.63, 3.8) is 0 Å². The summed E-state index contributed by atoms with van der Waals surface area (Å²) in [6.45, 7) is 3.99. The van der Waals surface area contributed by atoms with Crippen LogP contribution in [0.4, 0.5) is 5.69 Å². The van der Waals surface area contributed by atoms with Crippen LogP contribution in [0, 0.1) is 13.8 Å². The number of para-hydroxylation sites is 1. The van der Waals surface area contributed by atoms with Crippen molar-refractivity contribution in [2.45, 2.75) is 19.0 Å². The van der Waals surface area contributed by atoms with Crippen molar-refractivity contribution in [3.8, 4) is 5.69 Å². The highest BCUT2D eigenvalue weighted by molar-refractivity contribution is 7.99. The number of rotatable bonds is 5. The molecule has 5 rings (SSSR count). The van der Waals surface area contributed by atoms with E-state index in [1.165, 1.54) is 11.8 Å². The minimum atomic E-state index is -0.184. The Morgan fingerprint density at radius 2 is 1.76 bits per heavy atom. The van der Waals surface area contributed by atoms with Crippen molar-refractivity contribution in [2.24, 2.45) is 0 Å². The monoisotopic (exact) mass is 489 g/mol. The minimum Gasteiger partial charge on any atom is -0.325 e. The Kier molecular flexibility index (Phi) is 5.85. The third kappa shape index (κ3) is 3.95. The summed E-state index contributed by atoms with van der Waals surface area (Å²) in [5, 5.41) is 13.2. The van der Waals surface area contributed by atoms with Gasteiger partial charge in [0.05, 0.1) is 22.3 Å². The zero-order chi connectivity index (χ0) is 23.8. The summed E-state index contributed by atoms with van der Waals surface area (Å²) in [4.78, 5) is 26.0. The first kappa shape index (κ1) is 22.2. The predicted octanol–water partition coefficient (Wildman–Crippen LogP) is 5.03. The Morgan fingerprint density at radius 1 is 1.00 bits per heavy atom. The van der Waals surface area contributed by atoms with Crippen molar-refractivity contribution in [2.75, 3.05) is 11.1 Å². The Bertz CT molecular complexity index is 1610. The fraction of sp³-hybridized carbons (Fsp3) is 0.120. The summed E-state index contributed by atoms with van der Waals surface area (Å²) < 4.78 is 3.42. The van der Waals surface area contributed by atoms with Crippen molar-refractivity contribution in [1.29, 1.82) is 0 Å². The number of thioether (sulfide) groups is 1. The lowest BCUT2D eigenvalue weighted by atomic mass is 10.1. The van der Waals surface area contributed by atoms with Crippen LogP contribution in [0.1, 0.15) is 11.1 Å². The summed E-state index contributed by atoms with van der Waals surface area (Å²) in [7, 11) is 0. The third-order valence-corrected chi connectivity index (χ3v) is 6.85. The molecule has 34 heavy (non-hydrogen) atoms. The van der Waals surface area contributed by atoms with Crippen LogP contribution in [0.15, 0.2) is 76.7 Å². The molecule has 0 bridgehead atoms. The molecule has 9 heteroatoms. The lowest BCUT2D eigenvalue weighted by Gasteiger charge is -2.14. The summed E-state index contributed by atoms with van der Waals surface area (Å²) >= 11 is 7.16. The lowest BCUT2D eigenvalue weighted by Crippen LogP contribution is -2.22. The van der Waals surface area contributed by atoms with Gasteiger partial charge < -0.3 is 5.32 Å². The van der Waals surface area contributed by atoms with Gasteiger partial charge in [-0.25, -0.2) is 4.57 Å². The SMILES string of the molecule is Cc1cccc(-n2c(=O)c3ccccc3n3c(SCC(=O)Nc4ccc(Cl)cc4)nnc23)c1C. The maximum Gasteiger partial charge on any atom is 0.267 e. The van der Waals surface area contributed by atoms with Crippen LogP contribution < -0.4 is 10.9 Å². The highest BCUT2D eigenvalue weighted by Crippen LogP contribution is 2.25. The van der Waals surface area contributed by atoms with Gasteiger partial charge >= 0.3 is 0 Å². The maximum atomic E-state index is 13.5. The number of aromatic nitrogens is 4. The van der Waals surface area contributed by atoms with Gasteiger partial charge in [-0.05, 0) is 67.4 Å². The molecule has 0 spiro atoms. The molecule has 1 amide bonds. The number of carbonyl (C=O) groups is 1. The smallest absolute Gasteiger partial charge is 0.267 e. The number of aryl methyl sites for hydroxylation is 1.